The predicted octanol–water partition coefficient (Wildman–Crippen LogP) is 1.90. The number of morpholine rings is 1. The van der Waals surface area contributed by atoms with Gasteiger partial charge in [-0.1, -0.05) is 12.1 Å². The summed E-state index contributed by atoms with van der Waals surface area (Å²) in [4.78, 5) is 2.44. The van der Waals surface area contributed by atoms with E-state index in [1.54, 1.807) is 0 Å². The Morgan fingerprint density at radius 3 is 2.71 bits per heavy atom. The van der Waals surface area contributed by atoms with Crippen LogP contribution in [0.15, 0.2) is 24.3 Å². The summed E-state index contributed by atoms with van der Waals surface area (Å²) in [6.45, 7) is 7.88. The van der Waals surface area contributed by atoms with Gasteiger partial charge in [0, 0.05) is 32.1 Å². The van der Waals surface area contributed by atoms with Crippen LogP contribution in [0.2, 0.25) is 0 Å². The van der Waals surface area contributed by atoms with Crippen molar-refractivity contribution in [2.75, 3.05) is 46.0 Å². The highest BCUT2D eigenvalue weighted by Gasteiger charge is 2.14. The van der Waals surface area contributed by atoms with Crippen molar-refractivity contribution in [2.45, 2.75) is 19.4 Å². The van der Waals surface area contributed by atoms with Gasteiger partial charge in [-0.25, -0.2) is 0 Å². The summed E-state index contributed by atoms with van der Waals surface area (Å²) in [5.41, 5.74) is 1.35. The van der Waals surface area contributed by atoms with E-state index >= 15 is 0 Å². The highest BCUT2D eigenvalue weighted by Crippen LogP contribution is 2.17. The zero-order valence-electron chi connectivity index (χ0n) is 12.7. The van der Waals surface area contributed by atoms with Gasteiger partial charge in [-0.15, -0.1) is 0 Å². The van der Waals surface area contributed by atoms with Crippen LogP contribution in [0.1, 0.15) is 18.4 Å². The standard InChI is InChI=1S/C17H26N2O2/c1-2-16(12-18-7-1)14-21-17-5-3-15(4-6-17)13-19-8-10-20-11-9-19/h3-6,16,18H,1-2,7-14H2/t16-/m1/s1. The molecule has 2 aliphatic heterocycles. The van der Waals surface area contributed by atoms with Crippen molar-refractivity contribution in [3.63, 3.8) is 0 Å². The molecule has 1 atom stereocenters. The molecular formula is C17H26N2O2. The predicted molar refractivity (Wildman–Crippen MR) is 83.6 cm³/mol. The van der Waals surface area contributed by atoms with Crippen LogP contribution in [0.3, 0.4) is 0 Å². The number of hydrogen-bond acceptors (Lipinski definition) is 4. The Hall–Kier alpha value is -1.10. The Kier molecular flexibility index (Phi) is 5.49. The third kappa shape index (κ3) is 4.70. The van der Waals surface area contributed by atoms with Crippen molar-refractivity contribution in [3.05, 3.63) is 29.8 Å². The highest BCUT2D eigenvalue weighted by atomic mass is 16.5. The maximum Gasteiger partial charge on any atom is 0.119 e. The van der Waals surface area contributed by atoms with E-state index in [1.165, 1.54) is 18.4 Å². The van der Waals surface area contributed by atoms with Crippen LogP contribution in [0, 0.1) is 5.92 Å². The molecule has 0 aromatic heterocycles. The smallest absolute Gasteiger partial charge is 0.119 e. The quantitative estimate of drug-likeness (QED) is 0.898. The maximum atomic E-state index is 5.92. The third-order valence-electron chi connectivity index (χ3n) is 4.32. The van der Waals surface area contributed by atoms with Gasteiger partial charge in [-0.05, 0) is 37.1 Å². The van der Waals surface area contributed by atoms with Crippen LogP contribution in [0.25, 0.3) is 0 Å². The minimum atomic E-state index is 0.659. The number of benzene rings is 1. The normalized spacial score (nSPS) is 23.9. The number of piperidine rings is 1. The second-order valence-corrected chi connectivity index (χ2v) is 6.06. The monoisotopic (exact) mass is 290 g/mol. The summed E-state index contributed by atoms with van der Waals surface area (Å²) in [5.74, 6) is 1.65. The molecule has 3 rings (SSSR count). The number of ether oxygens (including phenoxy) is 2. The molecule has 0 radical (unpaired) electrons. The SMILES string of the molecule is c1cc(OC[C@@H]2CCCNC2)ccc1CN1CCOCC1. The van der Waals surface area contributed by atoms with Crippen LogP contribution in [0.5, 0.6) is 5.75 Å². The molecule has 0 amide bonds. The Labute approximate surface area is 127 Å². The number of hydrogen-bond donors (Lipinski definition) is 1. The second-order valence-electron chi connectivity index (χ2n) is 6.06. The van der Waals surface area contributed by atoms with E-state index in [2.05, 4.69) is 34.5 Å². The number of rotatable bonds is 5. The van der Waals surface area contributed by atoms with Gasteiger partial charge in [0.15, 0.2) is 0 Å². The van der Waals surface area contributed by atoms with Crippen molar-refractivity contribution in [2.24, 2.45) is 5.92 Å². The molecule has 1 aromatic carbocycles. The van der Waals surface area contributed by atoms with Gasteiger partial charge in [0.1, 0.15) is 5.75 Å². The average molecular weight is 290 g/mol. The maximum absolute atomic E-state index is 5.92. The average Bonchev–Trinajstić information content (AvgIpc) is 2.56. The Bertz CT molecular complexity index is 409. The Morgan fingerprint density at radius 1 is 1.19 bits per heavy atom. The number of nitrogens with one attached hydrogen (secondary N) is 1. The summed E-state index contributed by atoms with van der Waals surface area (Å²) < 4.78 is 11.3. The molecule has 1 N–H and O–H groups in total. The van der Waals surface area contributed by atoms with Gasteiger partial charge in [0.2, 0.25) is 0 Å². The molecule has 2 fully saturated rings. The van der Waals surface area contributed by atoms with Gasteiger partial charge in [0.25, 0.3) is 0 Å². The fourth-order valence-corrected chi connectivity index (χ4v) is 2.99. The minimum absolute atomic E-state index is 0.659. The van der Waals surface area contributed by atoms with Crippen LogP contribution in [-0.4, -0.2) is 50.9 Å². The fourth-order valence-electron chi connectivity index (χ4n) is 2.99. The molecule has 4 heteroatoms. The molecule has 21 heavy (non-hydrogen) atoms. The summed E-state index contributed by atoms with van der Waals surface area (Å²) in [5, 5.41) is 3.43. The van der Waals surface area contributed by atoms with E-state index in [0.29, 0.717) is 5.92 Å². The minimum Gasteiger partial charge on any atom is -0.493 e. The molecule has 0 aliphatic carbocycles. The van der Waals surface area contributed by atoms with Crippen LogP contribution in [0.4, 0.5) is 0 Å². The molecule has 2 aliphatic rings. The zero-order valence-corrected chi connectivity index (χ0v) is 12.7. The molecule has 2 heterocycles. The van der Waals surface area contributed by atoms with Gasteiger partial charge in [0.05, 0.1) is 19.8 Å². The van der Waals surface area contributed by atoms with Crippen molar-refractivity contribution in [1.82, 2.24) is 10.2 Å². The van der Waals surface area contributed by atoms with Gasteiger partial charge in [-0.2, -0.15) is 0 Å². The van der Waals surface area contributed by atoms with E-state index in [9.17, 15) is 0 Å². The topological polar surface area (TPSA) is 33.7 Å². The molecule has 1 aromatic rings. The first-order valence-electron chi connectivity index (χ1n) is 8.13. The molecule has 0 bridgehead atoms. The molecule has 0 unspecified atom stereocenters. The van der Waals surface area contributed by atoms with E-state index in [4.69, 9.17) is 9.47 Å². The molecule has 2 saturated heterocycles. The van der Waals surface area contributed by atoms with Gasteiger partial charge in [-0.3, -0.25) is 4.90 Å². The Morgan fingerprint density at radius 2 is 2.00 bits per heavy atom. The van der Waals surface area contributed by atoms with Crippen molar-refractivity contribution in [1.29, 1.82) is 0 Å². The summed E-state index contributed by atoms with van der Waals surface area (Å²) >= 11 is 0. The third-order valence-corrected chi connectivity index (χ3v) is 4.32. The lowest BCUT2D eigenvalue weighted by Crippen LogP contribution is -2.35. The van der Waals surface area contributed by atoms with Crippen LogP contribution < -0.4 is 10.1 Å². The summed E-state index contributed by atoms with van der Waals surface area (Å²) in [7, 11) is 0. The lowest BCUT2D eigenvalue weighted by molar-refractivity contribution is 0.0342. The molecule has 0 saturated carbocycles. The van der Waals surface area contributed by atoms with Crippen molar-refractivity contribution in [3.8, 4) is 5.75 Å². The van der Waals surface area contributed by atoms with E-state index in [-0.39, 0.29) is 0 Å². The summed E-state index contributed by atoms with van der Waals surface area (Å²) in [6, 6.07) is 8.58. The first-order chi connectivity index (χ1) is 10.4. The number of nitrogens with zero attached hydrogens (tertiary/aromatic N) is 1. The van der Waals surface area contributed by atoms with E-state index in [1.807, 2.05) is 0 Å². The van der Waals surface area contributed by atoms with E-state index < -0.39 is 0 Å². The molecule has 116 valence electrons. The van der Waals surface area contributed by atoms with Crippen molar-refractivity contribution < 1.29 is 9.47 Å². The second kappa shape index (κ2) is 7.78. The molecule has 4 nitrogen and oxygen atoms in total. The highest BCUT2D eigenvalue weighted by molar-refractivity contribution is 5.27. The summed E-state index contributed by atoms with van der Waals surface area (Å²) in [6.07, 6.45) is 2.55. The fraction of sp³-hybridized carbons (Fsp3) is 0.647. The largest absolute Gasteiger partial charge is 0.493 e. The Balaban J connectivity index is 1.44. The molecular weight excluding hydrogens is 264 g/mol. The first kappa shape index (κ1) is 14.8. The lowest BCUT2D eigenvalue weighted by Gasteiger charge is -2.26. The molecule has 0 spiro atoms. The van der Waals surface area contributed by atoms with Gasteiger partial charge >= 0.3 is 0 Å². The first-order valence-corrected chi connectivity index (χ1v) is 8.13. The van der Waals surface area contributed by atoms with E-state index in [0.717, 1.165) is 58.3 Å². The lowest BCUT2D eigenvalue weighted by atomic mass is 10.0. The van der Waals surface area contributed by atoms with Crippen LogP contribution in [-0.2, 0) is 11.3 Å². The van der Waals surface area contributed by atoms with Crippen molar-refractivity contribution >= 4 is 0 Å². The van der Waals surface area contributed by atoms with Gasteiger partial charge < -0.3 is 14.8 Å². The van der Waals surface area contributed by atoms with Crippen LogP contribution >= 0.6 is 0 Å². The zero-order chi connectivity index (χ0) is 14.3.